The Balaban J connectivity index is 1.83. The summed E-state index contributed by atoms with van der Waals surface area (Å²) in [6, 6.07) is 14.1. The van der Waals surface area contributed by atoms with E-state index in [0.29, 0.717) is 10.6 Å². The van der Waals surface area contributed by atoms with E-state index < -0.39 is 21.9 Å². The molecule has 2 aromatic carbocycles. The summed E-state index contributed by atoms with van der Waals surface area (Å²) < 4.78 is 32.6. The topological polar surface area (TPSA) is 114 Å². The number of para-hydroxylation sites is 1. The molecule has 3 rings (SSSR count). The van der Waals surface area contributed by atoms with Crippen molar-refractivity contribution in [3.05, 3.63) is 70.7 Å². The van der Waals surface area contributed by atoms with Crippen molar-refractivity contribution in [2.75, 3.05) is 16.6 Å². The van der Waals surface area contributed by atoms with Crippen molar-refractivity contribution in [3.8, 4) is 0 Å². The van der Waals surface area contributed by atoms with Crippen LogP contribution in [-0.2, 0) is 14.8 Å². The van der Waals surface area contributed by atoms with E-state index in [2.05, 4.69) is 15.0 Å². The molecule has 3 aromatic rings. The molecule has 0 saturated heterocycles. The number of hydrogen-bond donors (Lipinski definition) is 2. The van der Waals surface area contributed by atoms with Gasteiger partial charge in [-0.15, -0.1) is 0 Å². The SMILES string of the molecule is CCOC(=O)c1sc(NC(=O)c2ccccc2NS(=O)(=O)c2ccccc2)nc1C. The zero-order valence-electron chi connectivity index (χ0n) is 16.2. The summed E-state index contributed by atoms with van der Waals surface area (Å²) in [4.78, 5) is 29.3. The molecular weight excluding hydrogens is 426 g/mol. The van der Waals surface area contributed by atoms with E-state index >= 15 is 0 Å². The fourth-order valence-corrected chi connectivity index (χ4v) is 4.53. The molecule has 0 spiro atoms. The average Bonchev–Trinajstić information content (AvgIpc) is 3.09. The summed E-state index contributed by atoms with van der Waals surface area (Å²) in [5.41, 5.74) is 0.673. The second-order valence-electron chi connectivity index (χ2n) is 6.07. The van der Waals surface area contributed by atoms with Crippen molar-refractivity contribution >= 4 is 44.1 Å². The molecule has 0 aliphatic carbocycles. The van der Waals surface area contributed by atoms with Crippen LogP contribution in [0.5, 0.6) is 0 Å². The predicted octanol–water partition coefficient (Wildman–Crippen LogP) is 3.68. The summed E-state index contributed by atoms with van der Waals surface area (Å²) in [5, 5.41) is 2.82. The van der Waals surface area contributed by atoms with Gasteiger partial charge in [0.1, 0.15) is 4.88 Å². The van der Waals surface area contributed by atoms with Crippen molar-refractivity contribution in [1.82, 2.24) is 4.98 Å². The highest BCUT2D eigenvalue weighted by Gasteiger charge is 2.21. The summed E-state index contributed by atoms with van der Waals surface area (Å²) in [7, 11) is -3.87. The normalized spacial score (nSPS) is 11.0. The molecule has 8 nitrogen and oxygen atoms in total. The molecule has 1 heterocycles. The highest BCUT2D eigenvalue weighted by atomic mass is 32.2. The van der Waals surface area contributed by atoms with Gasteiger partial charge in [-0.25, -0.2) is 18.2 Å². The van der Waals surface area contributed by atoms with E-state index in [4.69, 9.17) is 4.74 Å². The minimum atomic E-state index is -3.87. The Bertz CT molecular complexity index is 1170. The average molecular weight is 446 g/mol. The minimum Gasteiger partial charge on any atom is -0.462 e. The summed E-state index contributed by atoms with van der Waals surface area (Å²) in [6.45, 7) is 3.57. The maximum Gasteiger partial charge on any atom is 0.350 e. The number of carbonyl (C=O) groups excluding carboxylic acids is 2. The van der Waals surface area contributed by atoms with Gasteiger partial charge in [-0.2, -0.15) is 0 Å². The molecule has 0 saturated carbocycles. The molecule has 30 heavy (non-hydrogen) atoms. The predicted molar refractivity (Wildman–Crippen MR) is 114 cm³/mol. The zero-order chi connectivity index (χ0) is 21.7. The van der Waals surface area contributed by atoms with Crippen molar-refractivity contribution in [2.45, 2.75) is 18.7 Å². The molecule has 156 valence electrons. The number of hydrogen-bond acceptors (Lipinski definition) is 7. The molecule has 1 amide bonds. The molecular formula is C20H19N3O5S2. The Kier molecular flexibility index (Phi) is 6.48. The van der Waals surface area contributed by atoms with Crippen LogP contribution in [-0.4, -0.2) is 31.9 Å². The largest absolute Gasteiger partial charge is 0.462 e. The third-order valence-electron chi connectivity index (χ3n) is 3.95. The first-order chi connectivity index (χ1) is 14.3. The van der Waals surface area contributed by atoms with Crippen LogP contribution in [0, 0.1) is 6.92 Å². The maximum atomic E-state index is 12.8. The number of anilines is 2. The number of rotatable bonds is 7. The van der Waals surface area contributed by atoms with Crippen LogP contribution in [0.3, 0.4) is 0 Å². The van der Waals surface area contributed by atoms with Crippen LogP contribution < -0.4 is 10.0 Å². The molecule has 0 bridgehead atoms. The lowest BCUT2D eigenvalue weighted by Gasteiger charge is -2.12. The smallest absolute Gasteiger partial charge is 0.350 e. The van der Waals surface area contributed by atoms with Gasteiger partial charge in [0, 0.05) is 0 Å². The lowest BCUT2D eigenvalue weighted by atomic mass is 10.2. The molecule has 0 unspecified atom stereocenters. The van der Waals surface area contributed by atoms with Crippen LogP contribution in [0.1, 0.15) is 32.6 Å². The molecule has 0 aliphatic rings. The number of aromatic nitrogens is 1. The number of sulfonamides is 1. The Morgan fingerprint density at radius 2 is 1.73 bits per heavy atom. The van der Waals surface area contributed by atoms with E-state index in [9.17, 15) is 18.0 Å². The van der Waals surface area contributed by atoms with Gasteiger partial charge in [-0.1, -0.05) is 41.7 Å². The highest BCUT2D eigenvalue weighted by molar-refractivity contribution is 7.92. The van der Waals surface area contributed by atoms with Crippen LogP contribution in [0.25, 0.3) is 0 Å². The van der Waals surface area contributed by atoms with E-state index in [1.54, 1.807) is 44.2 Å². The number of amides is 1. The molecule has 10 heteroatoms. The lowest BCUT2D eigenvalue weighted by Crippen LogP contribution is -2.18. The number of benzene rings is 2. The monoisotopic (exact) mass is 445 g/mol. The van der Waals surface area contributed by atoms with Gasteiger partial charge in [0.25, 0.3) is 15.9 Å². The fourth-order valence-electron chi connectivity index (χ4n) is 2.57. The van der Waals surface area contributed by atoms with Crippen LogP contribution in [0.15, 0.2) is 59.5 Å². The van der Waals surface area contributed by atoms with E-state index in [0.717, 1.165) is 11.3 Å². The minimum absolute atomic E-state index is 0.0786. The van der Waals surface area contributed by atoms with Crippen molar-refractivity contribution in [3.63, 3.8) is 0 Å². The van der Waals surface area contributed by atoms with Gasteiger partial charge in [-0.3, -0.25) is 14.8 Å². The quantitative estimate of drug-likeness (QED) is 0.536. The van der Waals surface area contributed by atoms with E-state index in [1.165, 1.54) is 24.3 Å². The van der Waals surface area contributed by atoms with Crippen LogP contribution in [0.2, 0.25) is 0 Å². The van der Waals surface area contributed by atoms with Crippen molar-refractivity contribution in [2.24, 2.45) is 0 Å². The standard InChI is InChI=1S/C20H19N3O5S2/c1-3-28-19(25)17-13(2)21-20(29-17)22-18(24)15-11-7-8-12-16(15)23-30(26,27)14-9-5-4-6-10-14/h4-12,23H,3H2,1-2H3,(H,21,22,24). The van der Waals surface area contributed by atoms with Crippen LogP contribution in [0.4, 0.5) is 10.8 Å². The number of thiazole rings is 1. The Morgan fingerprint density at radius 3 is 2.43 bits per heavy atom. The maximum absolute atomic E-state index is 12.8. The molecule has 1 aromatic heterocycles. The summed E-state index contributed by atoms with van der Waals surface area (Å²) >= 11 is 0.990. The van der Waals surface area contributed by atoms with Crippen molar-refractivity contribution in [1.29, 1.82) is 0 Å². The summed E-state index contributed by atoms with van der Waals surface area (Å²) in [6.07, 6.45) is 0. The first-order valence-electron chi connectivity index (χ1n) is 8.94. The van der Waals surface area contributed by atoms with Gasteiger partial charge in [0.05, 0.1) is 28.4 Å². The summed E-state index contributed by atoms with van der Waals surface area (Å²) in [5.74, 6) is -1.07. The number of aryl methyl sites for hydroxylation is 1. The number of esters is 1. The zero-order valence-corrected chi connectivity index (χ0v) is 17.8. The number of carbonyl (C=O) groups is 2. The Morgan fingerprint density at radius 1 is 1.07 bits per heavy atom. The Hall–Kier alpha value is -3.24. The molecule has 0 fully saturated rings. The Labute approximate surface area is 178 Å². The van der Waals surface area contributed by atoms with Crippen molar-refractivity contribution < 1.29 is 22.7 Å². The third kappa shape index (κ3) is 4.84. The number of ether oxygens (including phenoxy) is 1. The first kappa shape index (κ1) is 21.5. The van der Waals surface area contributed by atoms with Gasteiger partial charge < -0.3 is 4.74 Å². The molecule has 0 radical (unpaired) electrons. The van der Waals surface area contributed by atoms with Gasteiger partial charge in [0.15, 0.2) is 5.13 Å². The second kappa shape index (κ2) is 9.06. The highest BCUT2D eigenvalue weighted by Crippen LogP contribution is 2.26. The number of nitrogens with one attached hydrogen (secondary N) is 2. The molecule has 0 aliphatic heterocycles. The third-order valence-corrected chi connectivity index (χ3v) is 6.38. The first-order valence-corrected chi connectivity index (χ1v) is 11.2. The fraction of sp³-hybridized carbons (Fsp3) is 0.150. The van der Waals surface area contributed by atoms with Gasteiger partial charge in [0.2, 0.25) is 0 Å². The molecule has 2 N–H and O–H groups in total. The van der Waals surface area contributed by atoms with Crippen LogP contribution >= 0.6 is 11.3 Å². The van der Waals surface area contributed by atoms with Gasteiger partial charge >= 0.3 is 5.97 Å². The second-order valence-corrected chi connectivity index (χ2v) is 8.75. The number of nitrogens with zero attached hydrogens (tertiary/aromatic N) is 1. The van der Waals surface area contributed by atoms with E-state index in [1.807, 2.05) is 0 Å². The lowest BCUT2D eigenvalue weighted by molar-refractivity contribution is 0.0531. The van der Waals surface area contributed by atoms with Gasteiger partial charge in [-0.05, 0) is 38.1 Å². The molecule has 0 atom stereocenters. The van der Waals surface area contributed by atoms with E-state index in [-0.39, 0.29) is 27.9 Å².